The van der Waals surface area contributed by atoms with Gasteiger partial charge in [0.25, 0.3) is 0 Å². The molecule has 0 atom stereocenters. The molecule has 1 radical (unpaired) electrons. The minimum Gasteiger partial charge on any atom is -0.379 e. The molecule has 1 aromatic rings. The highest BCUT2D eigenvalue weighted by Gasteiger charge is 2.08. The maximum absolute atomic E-state index is 5.29. The number of aryl methyl sites for hydroxylation is 1. The standard InChI is InChI=1S/C10H16N3O/c1-3-11-13(5-1)6-2-4-12-7-9-14-10-8-12/h1,5H,2,4,6-10H2. The van der Waals surface area contributed by atoms with Gasteiger partial charge < -0.3 is 4.74 Å². The van der Waals surface area contributed by atoms with Crippen molar-refractivity contribution >= 4 is 0 Å². The van der Waals surface area contributed by atoms with E-state index in [9.17, 15) is 0 Å². The number of nitrogens with zero attached hydrogens (tertiary/aromatic N) is 3. The molecule has 2 heterocycles. The lowest BCUT2D eigenvalue weighted by molar-refractivity contribution is 0.0368. The van der Waals surface area contributed by atoms with Crippen LogP contribution in [0.4, 0.5) is 0 Å². The Hall–Kier alpha value is -0.870. The third kappa shape index (κ3) is 2.82. The van der Waals surface area contributed by atoms with Crippen molar-refractivity contribution in [3.8, 4) is 0 Å². The predicted molar refractivity (Wildman–Crippen MR) is 52.9 cm³/mol. The van der Waals surface area contributed by atoms with Gasteiger partial charge >= 0.3 is 0 Å². The Labute approximate surface area is 84.5 Å². The minimum atomic E-state index is 0.884. The van der Waals surface area contributed by atoms with E-state index in [0.717, 1.165) is 45.8 Å². The maximum atomic E-state index is 5.29. The summed E-state index contributed by atoms with van der Waals surface area (Å²) in [6.45, 7) is 6.05. The topological polar surface area (TPSA) is 30.3 Å². The molecule has 14 heavy (non-hydrogen) atoms. The van der Waals surface area contributed by atoms with Gasteiger partial charge in [-0.1, -0.05) is 0 Å². The molecule has 1 fully saturated rings. The Morgan fingerprint density at radius 2 is 2.14 bits per heavy atom. The van der Waals surface area contributed by atoms with Gasteiger partial charge in [0.05, 0.1) is 13.2 Å². The van der Waals surface area contributed by atoms with E-state index in [1.807, 2.05) is 16.9 Å². The van der Waals surface area contributed by atoms with Crippen LogP contribution in [-0.4, -0.2) is 47.5 Å². The van der Waals surface area contributed by atoms with Crippen LogP contribution in [0, 0.1) is 6.20 Å². The smallest absolute Gasteiger partial charge is 0.113 e. The van der Waals surface area contributed by atoms with Crippen molar-refractivity contribution < 1.29 is 4.74 Å². The van der Waals surface area contributed by atoms with Crippen LogP contribution in [0.1, 0.15) is 6.42 Å². The van der Waals surface area contributed by atoms with Crippen LogP contribution in [0.3, 0.4) is 0 Å². The van der Waals surface area contributed by atoms with E-state index < -0.39 is 0 Å². The number of morpholine rings is 1. The van der Waals surface area contributed by atoms with E-state index in [-0.39, 0.29) is 0 Å². The molecule has 4 nitrogen and oxygen atoms in total. The fraction of sp³-hybridized carbons (Fsp3) is 0.700. The Balaban J connectivity index is 1.62. The lowest BCUT2D eigenvalue weighted by Crippen LogP contribution is -2.37. The van der Waals surface area contributed by atoms with Gasteiger partial charge in [-0.2, -0.15) is 5.10 Å². The zero-order valence-corrected chi connectivity index (χ0v) is 8.35. The van der Waals surface area contributed by atoms with Crippen molar-refractivity contribution in [2.45, 2.75) is 13.0 Å². The number of hydrogen-bond acceptors (Lipinski definition) is 3. The molecule has 0 N–H and O–H groups in total. The first-order chi connectivity index (χ1) is 6.95. The second-order valence-corrected chi connectivity index (χ2v) is 3.52. The minimum absolute atomic E-state index is 0.884. The third-order valence-electron chi connectivity index (χ3n) is 2.47. The highest BCUT2D eigenvalue weighted by Crippen LogP contribution is 1.99. The van der Waals surface area contributed by atoms with Gasteiger partial charge in [0.15, 0.2) is 0 Å². The monoisotopic (exact) mass is 194 g/mol. The Bertz CT molecular complexity index is 242. The zero-order valence-electron chi connectivity index (χ0n) is 8.35. The van der Waals surface area contributed by atoms with Gasteiger partial charge in [0.1, 0.15) is 6.20 Å². The molecule has 1 saturated heterocycles. The van der Waals surface area contributed by atoms with Gasteiger partial charge in [-0.15, -0.1) is 0 Å². The van der Waals surface area contributed by atoms with Crippen molar-refractivity contribution in [2.24, 2.45) is 0 Å². The summed E-state index contributed by atoms with van der Waals surface area (Å²) in [6.07, 6.45) is 5.90. The molecule has 77 valence electrons. The number of aromatic nitrogens is 2. The molecule has 0 unspecified atom stereocenters. The largest absolute Gasteiger partial charge is 0.379 e. The molecular formula is C10H16N3O. The lowest BCUT2D eigenvalue weighted by atomic mass is 10.3. The molecule has 0 amide bonds. The molecule has 4 heteroatoms. The third-order valence-corrected chi connectivity index (χ3v) is 2.47. The molecule has 1 aromatic heterocycles. The second kappa shape index (κ2) is 5.12. The fourth-order valence-electron chi connectivity index (χ4n) is 1.67. The second-order valence-electron chi connectivity index (χ2n) is 3.52. The normalized spacial score (nSPS) is 18.6. The molecule has 0 saturated carbocycles. The van der Waals surface area contributed by atoms with Crippen molar-refractivity contribution in [3.63, 3.8) is 0 Å². The average molecular weight is 194 g/mol. The van der Waals surface area contributed by atoms with Crippen LogP contribution in [0.5, 0.6) is 0 Å². The first-order valence-corrected chi connectivity index (χ1v) is 5.15. The van der Waals surface area contributed by atoms with E-state index >= 15 is 0 Å². The molecule has 1 aliphatic rings. The Morgan fingerprint density at radius 3 is 2.86 bits per heavy atom. The molecule has 0 aromatic carbocycles. The Kier molecular flexibility index (Phi) is 3.54. The molecular weight excluding hydrogens is 178 g/mol. The molecule has 0 spiro atoms. The number of ether oxygens (including phenoxy) is 1. The first-order valence-electron chi connectivity index (χ1n) is 5.15. The summed E-state index contributed by atoms with van der Waals surface area (Å²) in [5, 5.41) is 4.05. The van der Waals surface area contributed by atoms with Gasteiger partial charge in [-0.05, 0) is 12.5 Å². The van der Waals surface area contributed by atoms with E-state index in [0.29, 0.717) is 0 Å². The highest BCUT2D eigenvalue weighted by molar-refractivity contribution is 4.75. The van der Waals surface area contributed by atoms with Crippen molar-refractivity contribution in [1.82, 2.24) is 14.7 Å². The number of hydrogen-bond donors (Lipinski definition) is 0. The van der Waals surface area contributed by atoms with E-state index in [4.69, 9.17) is 4.74 Å². The maximum Gasteiger partial charge on any atom is 0.113 e. The molecule has 2 rings (SSSR count). The highest BCUT2D eigenvalue weighted by atomic mass is 16.5. The SMILES string of the molecule is [c]1ccn(CCCN2CCOCC2)n1. The van der Waals surface area contributed by atoms with Crippen molar-refractivity contribution in [1.29, 1.82) is 0 Å². The van der Waals surface area contributed by atoms with E-state index in [1.165, 1.54) is 0 Å². The van der Waals surface area contributed by atoms with Crippen LogP contribution < -0.4 is 0 Å². The summed E-state index contributed by atoms with van der Waals surface area (Å²) >= 11 is 0. The number of rotatable bonds is 4. The summed E-state index contributed by atoms with van der Waals surface area (Å²) in [5.41, 5.74) is 0. The molecule has 0 aliphatic carbocycles. The summed E-state index contributed by atoms with van der Waals surface area (Å²) in [5.74, 6) is 0. The van der Waals surface area contributed by atoms with Crippen LogP contribution >= 0.6 is 0 Å². The van der Waals surface area contributed by atoms with Gasteiger partial charge in [-0.3, -0.25) is 9.58 Å². The van der Waals surface area contributed by atoms with Crippen LogP contribution in [0.15, 0.2) is 12.3 Å². The summed E-state index contributed by atoms with van der Waals surface area (Å²) < 4.78 is 7.22. The molecule has 0 bridgehead atoms. The van der Waals surface area contributed by atoms with Gasteiger partial charge in [0, 0.05) is 32.4 Å². The molecule has 1 aliphatic heterocycles. The van der Waals surface area contributed by atoms with Crippen LogP contribution in [-0.2, 0) is 11.3 Å². The summed E-state index contributed by atoms with van der Waals surface area (Å²) in [4.78, 5) is 2.44. The van der Waals surface area contributed by atoms with Crippen LogP contribution in [0.25, 0.3) is 0 Å². The average Bonchev–Trinajstić information content (AvgIpc) is 2.72. The van der Waals surface area contributed by atoms with Crippen molar-refractivity contribution in [2.75, 3.05) is 32.8 Å². The van der Waals surface area contributed by atoms with Gasteiger partial charge in [0.2, 0.25) is 0 Å². The predicted octanol–water partition coefficient (Wildman–Crippen LogP) is 0.406. The fourth-order valence-corrected chi connectivity index (χ4v) is 1.67. The van der Waals surface area contributed by atoms with E-state index in [2.05, 4.69) is 16.2 Å². The van der Waals surface area contributed by atoms with Gasteiger partial charge in [-0.25, -0.2) is 0 Å². The van der Waals surface area contributed by atoms with Crippen molar-refractivity contribution in [3.05, 3.63) is 18.5 Å². The lowest BCUT2D eigenvalue weighted by Gasteiger charge is -2.26. The zero-order chi connectivity index (χ0) is 9.64. The quantitative estimate of drug-likeness (QED) is 0.695. The summed E-state index contributed by atoms with van der Waals surface area (Å²) in [7, 11) is 0. The van der Waals surface area contributed by atoms with E-state index in [1.54, 1.807) is 0 Å². The Morgan fingerprint density at radius 1 is 1.29 bits per heavy atom. The summed E-state index contributed by atoms with van der Waals surface area (Å²) in [6, 6.07) is 1.84. The first kappa shape index (κ1) is 9.68. The van der Waals surface area contributed by atoms with Crippen LogP contribution in [0.2, 0.25) is 0 Å².